The highest BCUT2D eigenvalue weighted by Crippen LogP contribution is 2.27. The van der Waals surface area contributed by atoms with E-state index in [9.17, 15) is 9.18 Å². The maximum absolute atomic E-state index is 13.6. The van der Waals surface area contributed by atoms with Crippen LogP contribution in [0.4, 0.5) is 10.1 Å². The molecule has 0 spiro atoms. The number of hydrogen-bond acceptors (Lipinski definition) is 4. The molecule has 0 radical (unpaired) electrons. The average Bonchev–Trinajstić information content (AvgIpc) is 3.01. The molecule has 0 fully saturated rings. The van der Waals surface area contributed by atoms with Crippen molar-refractivity contribution in [1.82, 2.24) is 4.98 Å². The Kier molecular flexibility index (Phi) is 6.07. The van der Waals surface area contributed by atoms with Crippen molar-refractivity contribution in [2.45, 2.75) is 16.5 Å². The molecule has 0 saturated heterocycles. The lowest BCUT2D eigenvalue weighted by Crippen LogP contribution is -2.14. The van der Waals surface area contributed by atoms with Gasteiger partial charge in [0.1, 0.15) is 10.2 Å². The molecule has 0 aliphatic heterocycles. The number of carbonyl (C=O) groups excluding carboxylic acids is 1. The van der Waals surface area contributed by atoms with Gasteiger partial charge in [0, 0.05) is 21.8 Å². The highest BCUT2D eigenvalue weighted by molar-refractivity contribution is 8.00. The lowest BCUT2D eigenvalue weighted by atomic mass is 10.2. The first kappa shape index (κ1) is 17.9. The summed E-state index contributed by atoms with van der Waals surface area (Å²) >= 11 is 8.81. The Balaban J connectivity index is 1.54. The molecular formula is C18H14ClFN2OS2. The third-order valence-electron chi connectivity index (χ3n) is 3.29. The van der Waals surface area contributed by atoms with Gasteiger partial charge in [0.05, 0.1) is 12.1 Å². The molecule has 128 valence electrons. The smallest absolute Gasteiger partial charge is 0.230 e. The Labute approximate surface area is 158 Å². The summed E-state index contributed by atoms with van der Waals surface area (Å²) in [4.78, 5) is 16.5. The topological polar surface area (TPSA) is 42.0 Å². The van der Waals surface area contributed by atoms with Crippen LogP contribution >= 0.6 is 34.7 Å². The molecule has 25 heavy (non-hydrogen) atoms. The van der Waals surface area contributed by atoms with Crippen LogP contribution in [0.15, 0.2) is 58.3 Å². The fourth-order valence-electron chi connectivity index (χ4n) is 2.13. The first-order valence-corrected chi connectivity index (χ1v) is 9.70. The molecule has 1 aromatic heterocycles. The van der Waals surface area contributed by atoms with Gasteiger partial charge in [0.2, 0.25) is 5.91 Å². The summed E-state index contributed by atoms with van der Waals surface area (Å²) in [6, 6.07) is 13.7. The number of thiazole rings is 1. The molecule has 7 heteroatoms. The lowest BCUT2D eigenvalue weighted by Gasteiger charge is -2.04. The van der Waals surface area contributed by atoms with E-state index in [0.29, 0.717) is 27.7 Å². The number of nitrogens with one attached hydrogen (secondary N) is 1. The Hall–Kier alpha value is -1.89. The molecule has 3 aromatic rings. The molecule has 1 amide bonds. The van der Waals surface area contributed by atoms with Crippen LogP contribution in [0.3, 0.4) is 0 Å². The monoisotopic (exact) mass is 392 g/mol. The Morgan fingerprint density at radius 3 is 2.88 bits per heavy atom. The van der Waals surface area contributed by atoms with Gasteiger partial charge < -0.3 is 5.32 Å². The van der Waals surface area contributed by atoms with Gasteiger partial charge in [-0.1, -0.05) is 47.6 Å². The predicted octanol–water partition coefficient (Wildman–Crippen LogP) is 5.41. The molecule has 0 unspecified atom stereocenters. The van der Waals surface area contributed by atoms with Crippen LogP contribution in [0.1, 0.15) is 11.3 Å². The third-order valence-corrected chi connectivity index (χ3v) is 5.64. The van der Waals surface area contributed by atoms with Crippen molar-refractivity contribution in [3.05, 3.63) is 76.0 Å². The average molecular weight is 393 g/mol. The largest absolute Gasteiger partial charge is 0.326 e. The Morgan fingerprint density at radius 2 is 2.08 bits per heavy atom. The number of benzene rings is 2. The van der Waals surface area contributed by atoms with Crippen LogP contribution in [0.25, 0.3) is 0 Å². The van der Waals surface area contributed by atoms with Gasteiger partial charge in [-0.3, -0.25) is 4.79 Å². The number of anilines is 1. The maximum atomic E-state index is 13.6. The molecule has 0 aliphatic rings. The van der Waals surface area contributed by atoms with E-state index >= 15 is 0 Å². The quantitative estimate of drug-likeness (QED) is 0.570. The summed E-state index contributed by atoms with van der Waals surface area (Å²) in [5.41, 5.74) is 1.99. The molecule has 0 aliphatic carbocycles. The summed E-state index contributed by atoms with van der Waals surface area (Å²) in [7, 11) is 0. The van der Waals surface area contributed by atoms with Gasteiger partial charge in [-0.05, 0) is 29.8 Å². The highest BCUT2D eigenvalue weighted by Gasteiger charge is 2.10. The number of halogens is 2. The second kappa shape index (κ2) is 8.47. The summed E-state index contributed by atoms with van der Waals surface area (Å²) in [5, 5.41) is 5.21. The van der Waals surface area contributed by atoms with Crippen molar-refractivity contribution in [1.29, 1.82) is 0 Å². The number of thioether (sulfide) groups is 1. The molecule has 3 rings (SSSR count). The SMILES string of the molecule is O=C(Cc1csc(SCc2ccccc2F)n1)Nc1cccc(Cl)c1. The van der Waals surface area contributed by atoms with Crippen LogP contribution in [0.2, 0.25) is 5.02 Å². The minimum Gasteiger partial charge on any atom is -0.326 e. The zero-order valence-corrected chi connectivity index (χ0v) is 15.4. The van der Waals surface area contributed by atoms with Gasteiger partial charge in [-0.15, -0.1) is 11.3 Å². The van der Waals surface area contributed by atoms with Crippen LogP contribution in [0, 0.1) is 5.82 Å². The second-order valence-corrected chi connectivity index (χ2v) is 7.74. The molecular weight excluding hydrogens is 379 g/mol. The molecule has 2 aromatic carbocycles. The molecule has 0 saturated carbocycles. The van der Waals surface area contributed by atoms with Crippen molar-refractivity contribution in [3.63, 3.8) is 0 Å². The number of aromatic nitrogens is 1. The van der Waals surface area contributed by atoms with Gasteiger partial charge in [-0.25, -0.2) is 9.37 Å². The number of rotatable bonds is 6. The van der Waals surface area contributed by atoms with E-state index in [1.54, 1.807) is 36.4 Å². The second-order valence-electron chi connectivity index (χ2n) is 5.22. The van der Waals surface area contributed by atoms with Crippen LogP contribution < -0.4 is 5.32 Å². The highest BCUT2D eigenvalue weighted by atomic mass is 35.5. The number of hydrogen-bond donors (Lipinski definition) is 1. The number of carbonyl (C=O) groups is 1. The standard InChI is InChI=1S/C18H14ClFN2OS2/c19-13-5-3-6-14(8-13)21-17(23)9-15-11-25-18(22-15)24-10-12-4-1-2-7-16(12)20/h1-8,11H,9-10H2,(H,21,23). The Morgan fingerprint density at radius 1 is 1.24 bits per heavy atom. The zero-order chi connectivity index (χ0) is 17.6. The minimum atomic E-state index is -0.215. The summed E-state index contributed by atoms with van der Waals surface area (Å²) in [6.07, 6.45) is 0.184. The van der Waals surface area contributed by atoms with Gasteiger partial charge >= 0.3 is 0 Å². The van der Waals surface area contributed by atoms with Crippen molar-refractivity contribution >= 4 is 46.3 Å². The van der Waals surface area contributed by atoms with Gasteiger partial charge in [-0.2, -0.15) is 0 Å². The van der Waals surface area contributed by atoms with Crippen molar-refractivity contribution < 1.29 is 9.18 Å². The fourth-order valence-corrected chi connectivity index (χ4v) is 4.15. The summed E-state index contributed by atoms with van der Waals surface area (Å²) in [6.45, 7) is 0. The normalized spacial score (nSPS) is 10.6. The van der Waals surface area contributed by atoms with Crippen molar-refractivity contribution in [2.75, 3.05) is 5.32 Å². The zero-order valence-electron chi connectivity index (χ0n) is 13.0. The summed E-state index contributed by atoms with van der Waals surface area (Å²) in [5.74, 6) is 0.139. The maximum Gasteiger partial charge on any atom is 0.230 e. The Bertz CT molecular complexity index is 885. The van der Waals surface area contributed by atoms with E-state index in [-0.39, 0.29) is 18.1 Å². The van der Waals surface area contributed by atoms with Crippen LogP contribution in [-0.2, 0) is 17.0 Å². The van der Waals surface area contributed by atoms with E-state index in [2.05, 4.69) is 10.3 Å². The van der Waals surface area contributed by atoms with E-state index in [1.165, 1.54) is 29.2 Å². The van der Waals surface area contributed by atoms with Gasteiger partial charge in [0.15, 0.2) is 0 Å². The number of amides is 1. The van der Waals surface area contributed by atoms with Gasteiger partial charge in [0.25, 0.3) is 0 Å². The fraction of sp³-hybridized carbons (Fsp3) is 0.111. The molecule has 0 atom stereocenters. The minimum absolute atomic E-state index is 0.154. The first-order chi connectivity index (χ1) is 12.1. The third kappa shape index (κ3) is 5.29. The van der Waals surface area contributed by atoms with Crippen molar-refractivity contribution in [3.8, 4) is 0 Å². The number of nitrogens with zero attached hydrogens (tertiary/aromatic N) is 1. The molecule has 0 bridgehead atoms. The van der Waals surface area contributed by atoms with Crippen LogP contribution in [-0.4, -0.2) is 10.9 Å². The predicted molar refractivity (Wildman–Crippen MR) is 102 cm³/mol. The van der Waals surface area contributed by atoms with E-state index < -0.39 is 0 Å². The van der Waals surface area contributed by atoms with Crippen molar-refractivity contribution in [2.24, 2.45) is 0 Å². The van der Waals surface area contributed by atoms with E-state index in [1.807, 2.05) is 11.4 Å². The first-order valence-electron chi connectivity index (χ1n) is 7.46. The van der Waals surface area contributed by atoms with E-state index in [0.717, 1.165) is 4.34 Å². The summed E-state index contributed by atoms with van der Waals surface area (Å²) < 4.78 is 14.4. The lowest BCUT2D eigenvalue weighted by molar-refractivity contribution is -0.115. The molecule has 3 nitrogen and oxygen atoms in total. The van der Waals surface area contributed by atoms with Crippen LogP contribution in [0.5, 0.6) is 0 Å². The molecule has 1 heterocycles. The molecule has 1 N–H and O–H groups in total. The van der Waals surface area contributed by atoms with E-state index in [4.69, 9.17) is 11.6 Å².